The smallest absolute Gasteiger partial charge is 0.251 e. The highest BCUT2D eigenvalue weighted by atomic mass is 16.5. The number of rotatable bonds is 10. The topological polar surface area (TPSA) is 38.3 Å². The number of amides is 1. The van der Waals surface area contributed by atoms with E-state index in [0.29, 0.717) is 13.2 Å². The Kier molecular flexibility index (Phi) is 7.88. The number of carbonyl (C=O) groups is 1. The first kappa shape index (κ1) is 20.7. The van der Waals surface area contributed by atoms with Crippen molar-refractivity contribution in [2.45, 2.75) is 32.6 Å². The van der Waals surface area contributed by atoms with Crippen molar-refractivity contribution in [1.82, 2.24) is 5.32 Å². The molecule has 0 heterocycles. The van der Waals surface area contributed by atoms with Gasteiger partial charge >= 0.3 is 0 Å². The standard InChI is InChI=1S/C26H29NO2/c1-2-29-24-18-15-22(16-19-24)11-8-20-27-26(28)25-13-7-6-12-23(25)17-14-21-9-4-3-5-10-21/h3-7,9-10,12-13,15-16,18-19H,2,8,11,14,17,20H2,1H3,(H,27,28). The SMILES string of the molecule is CCOc1ccc(CCCNC(=O)c2ccccc2CCc2ccccc2)cc1. The molecule has 3 aromatic rings. The average molecular weight is 388 g/mol. The number of nitrogens with one attached hydrogen (secondary N) is 1. The molecule has 3 rings (SSSR count). The summed E-state index contributed by atoms with van der Waals surface area (Å²) in [7, 11) is 0. The minimum atomic E-state index is 0.0142. The largest absolute Gasteiger partial charge is 0.494 e. The molecule has 0 saturated carbocycles. The lowest BCUT2D eigenvalue weighted by atomic mass is 9.99. The maximum Gasteiger partial charge on any atom is 0.251 e. The first-order valence-corrected chi connectivity index (χ1v) is 10.4. The van der Waals surface area contributed by atoms with Crippen LogP contribution in [0.5, 0.6) is 5.75 Å². The zero-order chi connectivity index (χ0) is 20.3. The Balaban J connectivity index is 1.48. The van der Waals surface area contributed by atoms with Crippen molar-refractivity contribution in [3.8, 4) is 5.75 Å². The Bertz CT molecular complexity index is 888. The summed E-state index contributed by atoms with van der Waals surface area (Å²) in [4.78, 5) is 12.7. The minimum Gasteiger partial charge on any atom is -0.494 e. The van der Waals surface area contributed by atoms with Crippen molar-refractivity contribution in [3.63, 3.8) is 0 Å². The van der Waals surface area contributed by atoms with Crippen molar-refractivity contribution in [2.24, 2.45) is 0 Å². The molecule has 0 atom stereocenters. The Hall–Kier alpha value is -3.07. The Morgan fingerprint density at radius 3 is 2.24 bits per heavy atom. The first-order valence-electron chi connectivity index (χ1n) is 10.4. The minimum absolute atomic E-state index is 0.0142. The number of hydrogen-bond acceptors (Lipinski definition) is 2. The molecule has 0 bridgehead atoms. The van der Waals surface area contributed by atoms with E-state index in [1.54, 1.807) is 0 Å². The Labute approximate surface area is 173 Å². The Morgan fingerprint density at radius 2 is 1.48 bits per heavy atom. The molecule has 0 radical (unpaired) electrons. The molecule has 0 unspecified atom stereocenters. The second kappa shape index (κ2) is 11.1. The fourth-order valence-electron chi connectivity index (χ4n) is 3.39. The van der Waals surface area contributed by atoms with Crippen molar-refractivity contribution < 1.29 is 9.53 Å². The van der Waals surface area contributed by atoms with Gasteiger partial charge in [-0.1, -0.05) is 60.7 Å². The molecule has 0 aliphatic rings. The van der Waals surface area contributed by atoms with E-state index < -0.39 is 0 Å². The quantitative estimate of drug-likeness (QED) is 0.484. The fraction of sp³-hybridized carbons (Fsp3) is 0.269. The normalized spacial score (nSPS) is 10.5. The van der Waals surface area contributed by atoms with Gasteiger partial charge in [-0.05, 0) is 67.5 Å². The molecule has 0 aliphatic heterocycles. The second-order valence-electron chi connectivity index (χ2n) is 7.08. The number of aryl methyl sites for hydroxylation is 3. The molecule has 150 valence electrons. The van der Waals surface area contributed by atoms with E-state index in [4.69, 9.17) is 4.74 Å². The zero-order valence-electron chi connectivity index (χ0n) is 17.1. The van der Waals surface area contributed by atoms with Gasteiger partial charge in [-0.15, -0.1) is 0 Å². The molecule has 3 heteroatoms. The number of hydrogen-bond donors (Lipinski definition) is 1. The lowest BCUT2D eigenvalue weighted by molar-refractivity contribution is 0.0952. The summed E-state index contributed by atoms with van der Waals surface area (Å²) >= 11 is 0. The summed E-state index contributed by atoms with van der Waals surface area (Å²) < 4.78 is 5.47. The van der Waals surface area contributed by atoms with Crippen LogP contribution in [0.25, 0.3) is 0 Å². The number of ether oxygens (including phenoxy) is 1. The molecule has 3 nitrogen and oxygen atoms in total. The monoisotopic (exact) mass is 387 g/mol. The predicted octanol–water partition coefficient (Wildman–Crippen LogP) is 5.23. The molecule has 3 aromatic carbocycles. The van der Waals surface area contributed by atoms with Gasteiger partial charge in [0.15, 0.2) is 0 Å². The molecule has 0 saturated heterocycles. The maximum atomic E-state index is 12.7. The van der Waals surface area contributed by atoms with Crippen LogP contribution in [0.2, 0.25) is 0 Å². The highest BCUT2D eigenvalue weighted by molar-refractivity contribution is 5.95. The van der Waals surface area contributed by atoms with Gasteiger partial charge in [-0.25, -0.2) is 0 Å². The highest BCUT2D eigenvalue weighted by Crippen LogP contribution is 2.14. The molecule has 1 N–H and O–H groups in total. The van der Waals surface area contributed by atoms with Gasteiger partial charge in [0.05, 0.1) is 6.61 Å². The van der Waals surface area contributed by atoms with Crippen LogP contribution in [0.1, 0.15) is 40.4 Å². The molecular formula is C26H29NO2. The van der Waals surface area contributed by atoms with E-state index in [1.165, 1.54) is 11.1 Å². The average Bonchev–Trinajstić information content (AvgIpc) is 2.77. The van der Waals surface area contributed by atoms with Gasteiger partial charge in [0.1, 0.15) is 5.75 Å². The molecule has 1 amide bonds. The molecule has 29 heavy (non-hydrogen) atoms. The predicted molar refractivity (Wildman–Crippen MR) is 119 cm³/mol. The lowest BCUT2D eigenvalue weighted by Crippen LogP contribution is -2.26. The van der Waals surface area contributed by atoms with Crippen molar-refractivity contribution in [3.05, 3.63) is 101 Å². The van der Waals surface area contributed by atoms with E-state index in [-0.39, 0.29) is 5.91 Å². The van der Waals surface area contributed by atoms with Gasteiger partial charge < -0.3 is 10.1 Å². The summed E-state index contributed by atoms with van der Waals surface area (Å²) in [6.45, 7) is 3.33. The molecule has 0 fully saturated rings. The van der Waals surface area contributed by atoms with Gasteiger partial charge in [0, 0.05) is 12.1 Å². The van der Waals surface area contributed by atoms with Crippen LogP contribution in [-0.4, -0.2) is 19.1 Å². The third-order valence-electron chi connectivity index (χ3n) is 4.95. The number of carbonyl (C=O) groups excluding carboxylic acids is 1. The fourth-order valence-corrected chi connectivity index (χ4v) is 3.39. The number of benzene rings is 3. The van der Waals surface area contributed by atoms with Gasteiger partial charge in [-0.3, -0.25) is 4.79 Å². The summed E-state index contributed by atoms with van der Waals surface area (Å²) in [5.74, 6) is 0.914. The summed E-state index contributed by atoms with van der Waals surface area (Å²) in [5.41, 5.74) is 4.42. The first-order chi connectivity index (χ1) is 14.3. The molecular weight excluding hydrogens is 358 g/mol. The van der Waals surface area contributed by atoms with Crippen LogP contribution in [0, 0.1) is 0 Å². The summed E-state index contributed by atoms with van der Waals surface area (Å²) in [5, 5.41) is 3.08. The van der Waals surface area contributed by atoms with Crippen LogP contribution in [0.4, 0.5) is 0 Å². The summed E-state index contributed by atoms with van der Waals surface area (Å²) in [6, 6.07) is 26.5. The van der Waals surface area contributed by atoms with Crippen LogP contribution in [-0.2, 0) is 19.3 Å². The maximum absolute atomic E-state index is 12.7. The molecule has 0 aromatic heterocycles. The third kappa shape index (κ3) is 6.49. The Morgan fingerprint density at radius 1 is 0.793 bits per heavy atom. The van der Waals surface area contributed by atoms with Gasteiger partial charge in [-0.2, -0.15) is 0 Å². The van der Waals surface area contributed by atoms with E-state index in [0.717, 1.165) is 42.6 Å². The molecule has 0 spiro atoms. The lowest BCUT2D eigenvalue weighted by Gasteiger charge is -2.11. The van der Waals surface area contributed by atoms with E-state index in [2.05, 4.69) is 47.8 Å². The van der Waals surface area contributed by atoms with Gasteiger partial charge in [0.2, 0.25) is 0 Å². The van der Waals surface area contributed by atoms with E-state index >= 15 is 0 Å². The van der Waals surface area contributed by atoms with E-state index in [1.807, 2.05) is 43.3 Å². The van der Waals surface area contributed by atoms with E-state index in [9.17, 15) is 4.79 Å². The van der Waals surface area contributed by atoms with Crippen LogP contribution in [0.3, 0.4) is 0 Å². The van der Waals surface area contributed by atoms with Crippen LogP contribution < -0.4 is 10.1 Å². The van der Waals surface area contributed by atoms with Crippen LogP contribution >= 0.6 is 0 Å². The van der Waals surface area contributed by atoms with Gasteiger partial charge in [0.25, 0.3) is 5.91 Å². The van der Waals surface area contributed by atoms with Crippen molar-refractivity contribution in [1.29, 1.82) is 0 Å². The van der Waals surface area contributed by atoms with Crippen LogP contribution in [0.15, 0.2) is 78.9 Å². The van der Waals surface area contributed by atoms with Crippen molar-refractivity contribution in [2.75, 3.05) is 13.2 Å². The zero-order valence-corrected chi connectivity index (χ0v) is 17.1. The highest BCUT2D eigenvalue weighted by Gasteiger charge is 2.10. The molecule has 0 aliphatic carbocycles. The third-order valence-corrected chi connectivity index (χ3v) is 4.95. The second-order valence-corrected chi connectivity index (χ2v) is 7.08. The van der Waals surface area contributed by atoms with Crippen molar-refractivity contribution >= 4 is 5.91 Å². The summed E-state index contributed by atoms with van der Waals surface area (Å²) in [6.07, 6.45) is 3.64.